The third-order valence-electron chi connectivity index (χ3n) is 5.82. The summed E-state index contributed by atoms with van der Waals surface area (Å²) in [6.45, 7) is 6.93. The lowest BCUT2D eigenvalue weighted by molar-refractivity contribution is 0.288. The molecule has 0 unspecified atom stereocenters. The van der Waals surface area contributed by atoms with Gasteiger partial charge >= 0.3 is 0 Å². The summed E-state index contributed by atoms with van der Waals surface area (Å²) in [5.74, 6) is 1.97. The second kappa shape index (κ2) is 6.49. The van der Waals surface area contributed by atoms with Crippen molar-refractivity contribution in [3.63, 3.8) is 0 Å². The highest BCUT2D eigenvalue weighted by Crippen LogP contribution is 2.38. The van der Waals surface area contributed by atoms with E-state index in [0.29, 0.717) is 58.6 Å². The average molecular weight is 378 g/mol. The van der Waals surface area contributed by atoms with E-state index in [0.717, 1.165) is 25.7 Å². The van der Waals surface area contributed by atoms with E-state index in [9.17, 15) is 8.42 Å². The SMILES string of the molecule is Cc1[nH]c(-c2nnc(C3CCC3)o2)c(C)c1S(=O)(=O)N1CCC(C)CC1. The molecule has 1 saturated carbocycles. The van der Waals surface area contributed by atoms with E-state index in [-0.39, 0.29) is 0 Å². The lowest BCUT2D eigenvalue weighted by atomic mass is 9.85. The molecule has 0 amide bonds. The van der Waals surface area contributed by atoms with Gasteiger partial charge in [-0.15, -0.1) is 10.2 Å². The van der Waals surface area contributed by atoms with Gasteiger partial charge in [0.25, 0.3) is 5.89 Å². The summed E-state index contributed by atoms with van der Waals surface area (Å²) in [5.41, 5.74) is 1.90. The van der Waals surface area contributed by atoms with Gasteiger partial charge < -0.3 is 9.40 Å². The molecule has 2 aromatic rings. The Bertz CT molecular complexity index is 903. The summed E-state index contributed by atoms with van der Waals surface area (Å²) in [6.07, 6.45) is 5.17. The van der Waals surface area contributed by atoms with Crippen molar-refractivity contribution in [3.05, 3.63) is 17.1 Å². The quantitative estimate of drug-likeness (QED) is 0.880. The third-order valence-corrected chi connectivity index (χ3v) is 7.99. The molecule has 2 aromatic heterocycles. The van der Waals surface area contributed by atoms with Crippen molar-refractivity contribution in [2.75, 3.05) is 13.1 Å². The Balaban J connectivity index is 1.67. The lowest BCUT2D eigenvalue weighted by Gasteiger charge is -2.29. The highest BCUT2D eigenvalue weighted by atomic mass is 32.2. The number of piperidine rings is 1. The average Bonchev–Trinajstić information content (AvgIpc) is 3.11. The zero-order chi connectivity index (χ0) is 18.5. The Kier molecular flexibility index (Phi) is 4.43. The van der Waals surface area contributed by atoms with Crippen molar-refractivity contribution in [1.82, 2.24) is 19.5 Å². The van der Waals surface area contributed by atoms with E-state index in [4.69, 9.17) is 4.42 Å². The highest BCUT2D eigenvalue weighted by Gasteiger charge is 2.34. The molecule has 1 aliphatic carbocycles. The second-order valence-corrected chi connectivity index (χ2v) is 9.61. The predicted octanol–water partition coefficient (Wildman–Crippen LogP) is 3.37. The van der Waals surface area contributed by atoms with Crippen molar-refractivity contribution in [3.8, 4) is 11.6 Å². The van der Waals surface area contributed by atoms with Gasteiger partial charge in [0.05, 0.1) is 0 Å². The molecule has 0 spiro atoms. The van der Waals surface area contributed by atoms with Crippen LogP contribution in [0.4, 0.5) is 0 Å². The van der Waals surface area contributed by atoms with Crippen LogP contribution in [-0.4, -0.2) is 41.0 Å². The van der Waals surface area contributed by atoms with Crippen LogP contribution in [0.2, 0.25) is 0 Å². The van der Waals surface area contributed by atoms with Gasteiger partial charge in [0.1, 0.15) is 10.6 Å². The van der Waals surface area contributed by atoms with Crippen molar-refractivity contribution in [2.45, 2.75) is 63.7 Å². The number of hydrogen-bond donors (Lipinski definition) is 1. The predicted molar refractivity (Wildman–Crippen MR) is 97.3 cm³/mol. The molecule has 2 aliphatic rings. The first kappa shape index (κ1) is 17.7. The van der Waals surface area contributed by atoms with Crippen LogP contribution in [-0.2, 0) is 10.0 Å². The number of aryl methyl sites for hydroxylation is 1. The first-order valence-corrected chi connectivity index (χ1v) is 10.8. The number of nitrogens with one attached hydrogen (secondary N) is 1. The van der Waals surface area contributed by atoms with E-state index in [1.54, 1.807) is 11.2 Å². The summed E-state index contributed by atoms with van der Waals surface area (Å²) in [7, 11) is -3.52. The fraction of sp³-hybridized carbons (Fsp3) is 0.667. The van der Waals surface area contributed by atoms with Crippen LogP contribution in [0.1, 0.15) is 62.1 Å². The first-order chi connectivity index (χ1) is 12.4. The summed E-state index contributed by atoms with van der Waals surface area (Å²) < 4.78 is 33.8. The maximum Gasteiger partial charge on any atom is 0.264 e. The smallest absolute Gasteiger partial charge is 0.264 e. The molecule has 0 atom stereocenters. The number of rotatable bonds is 4. The Morgan fingerprint density at radius 1 is 1.12 bits per heavy atom. The number of aromatic nitrogens is 3. The van der Waals surface area contributed by atoms with Gasteiger partial charge in [-0.25, -0.2) is 8.42 Å². The van der Waals surface area contributed by atoms with E-state index >= 15 is 0 Å². The van der Waals surface area contributed by atoms with Crippen LogP contribution in [0.3, 0.4) is 0 Å². The monoisotopic (exact) mass is 378 g/mol. The molecular formula is C18H26N4O3S. The number of hydrogen-bond acceptors (Lipinski definition) is 5. The molecule has 26 heavy (non-hydrogen) atoms. The maximum atomic E-state index is 13.2. The zero-order valence-corrected chi connectivity index (χ0v) is 16.4. The Morgan fingerprint density at radius 2 is 1.81 bits per heavy atom. The fourth-order valence-corrected chi connectivity index (χ4v) is 5.72. The molecule has 0 radical (unpaired) electrons. The van der Waals surface area contributed by atoms with E-state index in [1.807, 2.05) is 6.92 Å². The van der Waals surface area contributed by atoms with Crippen molar-refractivity contribution >= 4 is 10.0 Å². The van der Waals surface area contributed by atoms with Crippen LogP contribution < -0.4 is 0 Å². The molecule has 4 rings (SSSR count). The molecule has 1 saturated heterocycles. The summed E-state index contributed by atoms with van der Waals surface area (Å²) in [6, 6.07) is 0. The Labute approximate surface area is 154 Å². The van der Waals surface area contributed by atoms with Crippen LogP contribution >= 0.6 is 0 Å². The van der Waals surface area contributed by atoms with Gasteiger partial charge in [-0.05, 0) is 51.0 Å². The van der Waals surface area contributed by atoms with Crippen molar-refractivity contribution < 1.29 is 12.8 Å². The molecule has 2 fully saturated rings. The Morgan fingerprint density at radius 3 is 2.42 bits per heavy atom. The topological polar surface area (TPSA) is 92.1 Å². The summed E-state index contributed by atoms with van der Waals surface area (Å²) in [4.78, 5) is 3.52. The molecular weight excluding hydrogens is 352 g/mol. The summed E-state index contributed by atoms with van der Waals surface area (Å²) >= 11 is 0. The first-order valence-electron chi connectivity index (χ1n) is 9.41. The van der Waals surface area contributed by atoms with Gasteiger partial charge in [0.2, 0.25) is 15.9 Å². The van der Waals surface area contributed by atoms with Crippen LogP contribution in [0.15, 0.2) is 9.31 Å². The van der Waals surface area contributed by atoms with Crippen LogP contribution in [0.25, 0.3) is 11.6 Å². The molecule has 8 heteroatoms. The van der Waals surface area contributed by atoms with Crippen molar-refractivity contribution in [2.24, 2.45) is 5.92 Å². The number of nitrogens with zero attached hydrogens (tertiary/aromatic N) is 3. The van der Waals surface area contributed by atoms with Crippen molar-refractivity contribution in [1.29, 1.82) is 0 Å². The molecule has 1 N–H and O–H groups in total. The largest absolute Gasteiger partial charge is 0.419 e. The zero-order valence-electron chi connectivity index (χ0n) is 15.6. The van der Waals surface area contributed by atoms with Crippen LogP contribution in [0.5, 0.6) is 0 Å². The minimum Gasteiger partial charge on any atom is -0.419 e. The normalized spacial score (nSPS) is 20.4. The second-order valence-electron chi connectivity index (χ2n) is 7.74. The number of H-pyrrole nitrogens is 1. The van der Waals surface area contributed by atoms with E-state index in [1.165, 1.54) is 6.42 Å². The van der Waals surface area contributed by atoms with Gasteiger partial charge in [-0.2, -0.15) is 4.31 Å². The van der Waals surface area contributed by atoms with Gasteiger partial charge in [-0.1, -0.05) is 13.3 Å². The molecule has 0 bridgehead atoms. The molecule has 1 aliphatic heterocycles. The maximum absolute atomic E-state index is 13.2. The van der Waals surface area contributed by atoms with Crippen LogP contribution in [0, 0.1) is 19.8 Å². The minimum absolute atomic E-state index is 0.352. The van der Waals surface area contributed by atoms with E-state index in [2.05, 4.69) is 22.1 Å². The standard InChI is InChI=1S/C18H26N4O3S/c1-11-7-9-22(10-8-11)26(23,24)16-12(2)15(19-13(16)3)18-21-20-17(25-18)14-5-4-6-14/h11,14,19H,4-10H2,1-3H3. The fourth-order valence-electron chi connectivity index (χ4n) is 3.84. The molecule has 7 nitrogen and oxygen atoms in total. The van der Waals surface area contributed by atoms with Gasteiger partial charge in [-0.3, -0.25) is 0 Å². The van der Waals surface area contributed by atoms with Gasteiger partial charge in [0, 0.05) is 24.7 Å². The van der Waals surface area contributed by atoms with Gasteiger partial charge in [0.15, 0.2) is 0 Å². The third kappa shape index (κ3) is 2.89. The number of aromatic amines is 1. The molecule has 3 heterocycles. The molecule has 142 valence electrons. The lowest BCUT2D eigenvalue weighted by Crippen LogP contribution is -2.38. The number of sulfonamides is 1. The molecule has 0 aromatic carbocycles. The minimum atomic E-state index is -3.52. The summed E-state index contributed by atoms with van der Waals surface area (Å²) in [5, 5.41) is 8.31. The highest BCUT2D eigenvalue weighted by molar-refractivity contribution is 7.89. The van der Waals surface area contributed by atoms with E-state index < -0.39 is 10.0 Å². The Hall–Kier alpha value is -1.67.